The van der Waals surface area contributed by atoms with Gasteiger partial charge in [-0.3, -0.25) is 14.4 Å². The quantitative estimate of drug-likeness (QED) is 0.882. The maximum absolute atomic E-state index is 12.5. The van der Waals surface area contributed by atoms with Gasteiger partial charge in [-0.05, 0) is 31.4 Å². The molecule has 22 heavy (non-hydrogen) atoms. The van der Waals surface area contributed by atoms with Crippen LogP contribution in [0.15, 0.2) is 22.8 Å². The number of hydrogen-bond acceptors (Lipinski definition) is 4. The molecule has 1 aliphatic heterocycles. The van der Waals surface area contributed by atoms with Gasteiger partial charge in [0, 0.05) is 20.1 Å². The lowest BCUT2D eigenvalue weighted by molar-refractivity contribution is -0.139. The number of piperidine rings is 1. The summed E-state index contributed by atoms with van der Waals surface area (Å²) in [5, 5.41) is 8.70. The first kappa shape index (κ1) is 16.1. The zero-order valence-electron chi connectivity index (χ0n) is 12.5. The molecule has 1 aliphatic rings. The standard InChI is InChI=1S/C15H20N2O5/c1-16(9-7-13(18)19)14(20)11-5-2-3-8-17(11)15(21)12-6-4-10-22-12/h4,6,10-11H,2-3,5,7-9H2,1H3,(H,18,19). The Hall–Kier alpha value is -2.31. The highest BCUT2D eigenvalue weighted by Gasteiger charge is 2.35. The summed E-state index contributed by atoms with van der Waals surface area (Å²) in [6.07, 6.45) is 3.61. The number of carbonyl (C=O) groups is 3. The van der Waals surface area contributed by atoms with Crippen LogP contribution >= 0.6 is 0 Å². The zero-order chi connectivity index (χ0) is 16.1. The highest BCUT2D eigenvalue weighted by atomic mass is 16.4. The Balaban J connectivity index is 2.07. The van der Waals surface area contributed by atoms with Gasteiger partial charge in [0.1, 0.15) is 6.04 Å². The van der Waals surface area contributed by atoms with Crippen LogP contribution < -0.4 is 0 Å². The van der Waals surface area contributed by atoms with Crippen molar-refractivity contribution in [3.05, 3.63) is 24.2 Å². The van der Waals surface area contributed by atoms with Crippen molar-refractivity contribution in [3.8, 4) is 0 Å². The molecule has 1 aromatic heterocycles. The van der Waals surface area contributed by atoms with Crippen LogP contribution in [0.1, 0.15) is 36.2 Å². The molecule has 1 fully saturated rings. The molecular weight excluding hydrogens is 288 g/mol. The van der Waals surface area contributed by atoms with E-state index in [9.17, 15) is 14.4 Å². The molecule has 1 unspecified atom stereocenters. The van der Waals surface area contributed by atoms with Gasteiger partial charge < -0.3 is 19.3 Å². The highest BCUT2D eigenvalue weighted by Crippen LogP contribution is 2.21. The van der Waals surface area contributed by atoms with Crippen molar-refractivity contribution in [3.63, 3.8) is 0 Å². The fourth-order valence-electron chi connectivity index (χ4n) is 2.60. The van der Waals surface area contributed by atoms with E-state index in [1.54, 1.807) is 19.2 Å². The van der Waals surface area contributed by atoms with Crippen molar-refractivity contribution in [2.45, 2.75) is 31.7 Å². The first-order chi connectivity index (χ1) is 10.5. The number of carboxylic acids is 1. The molecule has 1 N–H and O–H groups in total. The summed E-state index contributed by atoms with van der Waals surface area (Å²) in [5.74, 6) is -1.25. The van der Waals surface area contributed by atoms with Gasteiger partial charge in [0.15, 0.2) is 5.76 Å². The van der Waals surface area contributed by atoms with Crippen molar-refractivity contribution < 1.29 is 23.9 Å². The normalized spacial score (nSPS) is 18.0. The van der Waals surface area contributed by atoms with Gasteiger partial charge in [0.2, 0.25) is 5.91 Å². The monoisotopic (exact) mass is 308 g/mol. The topological polar surface area (TPSA) is 91.1 Å². The molecule has 2 amide bonds. The van der Waals surface area contributed by atoms with Crippen molar-refractivity contribution in [2.24, 2.45) is 0 Å². The van der Waals surface area contributed by atoms with E-state index in [-0.39, 0.29) is 30.5 Å². The second-order valence-electron chi connectivity index (χ2n) is 5.39. The number of carbonyl (C=O) groups excluding carboxylic acids is 2. The molecule has 0 bridgehead atoms. The summed E-state index contributed by atoms with van der Waals surface area (Å²) in [6.45, 7) is 0.635. The Morgan fingerprint density at radius 1 is 1.41 bits per heavy atom. The van der Waals surface area contributed by atoms with E-state index >= 15 is 0 Å². The first-order valence-corrected chi connectivity index (χ1v) is 7.32. The fourth-order valence-corrected chi connectivity index (χ4v) is 2.60. The first-order valence-electron chi connectivity index (χ1n) is 7.32. The van der Waals surface area contributed by atoms with Crippen molar-refractivity contribution in [1.29, 1.82) is 0 Å². The summed E-state index contributed by atoms with van der Waals surface area (Å²) in [7, 11) is 1.56. The Morgan fingerprint density at radius 2 is 2.18 bits per heavy atom. The van der Waals surface area contributed by atoms with E-state index in [2.05, 4.69) is 0 Å². The van der Waals surface area contributed by atoms with Crippen LogP contribution in [0.4, 0.5) is 0 Å². The summed E-state index contributed by atoms with van der Waals surface area (Å²) < 4.78 is 5.12. The fraction of sp³-hybridized carbons (Fsp3) is 0.533. The SMILES string of the molecule is CN(CCC(=O)O)C(=O)C1CCCCN1C(=O)c1ccco1. The van der Waals surface area contributed by atoms with Crippen LogP contribution in [0.2, 0.25) is 0 Å². The number of aliphatic carboxylic acids is 1. The van der Waals surface area contributed by atoms with E-state index in [0.29, 0.717) is 13.0 Å². The average molecular weight is 308 g/mol. The van der Waals surface area contributed by atoms with E-state index in [4.69, 9.17) is 9.52 Å². The van der Waals surface area contributed by atoms with E-state index < -0.39 is 12.0 Å². The predicted molar refractivity (Wildman–Crippen MR) is 77.3 cm³/mol. The molecular formula is C15H20N2O5. The number of likely N-dealkylation sites (N-methyl/N-ethyl adjacent to an activating group) is 1. The minimum atomic E-state index is -0.952. The van der Waals surface area contributed by atoms with Crippen LogP contribution in [0.5, 0.6) is 0 Å². The van der Waals surface area contributed by atoms with Crippen LogP contribution in [-0.2, 0) is 9.59 Å². The van der Waals surface area contributed by atoms with E-state index in [0.717, 1.165) is 12.8 Å². The largest absolute Gasteiger partial charge is 0.481 e. The molecule has 0 saturated carbocycles. The number of nitrogens with zero attached hydrogens (tertiary/aromatic N) is 2. The van der Waals surface area contributed by atoms with Crippen molar-refractivity contribution in [1.82, 2.24) is 9.80 Å². The Kier molecular flexibility index (Phi) is 5.19. The summed E-state index contributed by atoms with van der Waals surface area (Å²) in [6, 6.07) is 2.66. The van der Waals surface area contributed by atoms with Gasteiger partial charge in [-0.15, -0.1) is 0 Å². The molecule has 0 radical (unpaired) electrons. The van der Waals surface area contributed by atoms with Crippen LogP contribution in [0.25, 0.3) is 0 Å². The van der Waals surface area contributed by atoms with Gasteiger partial charge in [-0.1, -0.05) is 0 Å². The molecule has 7 nitrogen and oxygen atoms in total. The molecule has 1 atom stereocenters. The third kappa shape index (κ3) is 3.66. The van der Waals surface area contributed by atoms with Gasteiger partial charge in [0.05, 0.1) is 12.7 Å². The number of furan rings is 1. The number of carboxylic acid groups (broad SMARTS) is 1. The molecule has 0 aliphatic carbocycles. The molecule has 0 spiro atoms. The smallest absolute Gasteiger partial charge is 0.305 e. The Bertz CT molecular complexity index is 540. The van der Waals surface area contributed by atoms with Crippen molar-refractivity contribution >= 4 is 17.8 Å². The highest BCUT2D eigenvalue weighted by molar-refractivity contribution is 5.95. The third-order valence-corrected chi connectivity index (χ3v) is 3.82. The van der Waals surface area contributed by atoms with Crippen molar-refractivity contribution in [2.75, 3.05) is 20.1 Å². The predicted octanol–water partition coefficient (Wildman–Crippen LogP) is 1.21. The second kappa shape index (κ2) is 7.11. The summed E-state index contributed by atoms with van der Waals surface area (Å²) >= 11 is 0. The summed E-state index contributed by atoms with van der Waals surface area (Å²) in [5.41, 5.74) is 0. The van der Waals surface area contributed by atoms with Crippen LogP contribution in [0, 0.1) is 0 Å². The molecule has 2 heterocycles. The average Bonchev–Trinajstić information content (AvgIpc) is 3.05. The number of amides is 2. The van der Waals surface area contributed by atoms with Gasteiger partial charge in [-0.25, -0.2) is 0 Å². The van der Waals surface area contributed by atoms with E-state index in [1.165, 1.54) is 16.1 Å². The lowest BCUT2D eigenvalue weighted by Crippen LogP contribution is -2.52. The zero-order valence-corrected chi connectivity index (χ0v) is 12.5. The molecule has 7 heteroatoms. The second-order valence-corrected chi connectivity index (χ2v) is 5.39. The molecule has 1 saturated heterocycles. The van der Waals surface area contributed by atoms with E-state index in [1.807, 2.05) is 0 Å². The lowest BCUT2D eigenvalue weighted by atomic mass is 10.0. The number of rotatable bonds is 5. The molecule has 2 rings (SSSR count). The number of likely N-dealkylation sites (tertiary alicyclic amines) is 1. The minimum Gasteiger partial charge on any atom is -0.481 e. The van der Waals surface area contributed by atoms with Gasteiger partial charge in [-0.2, -0.15) is 0 Å². The van der Waals surface area contributed by atoms with Crippen LogP contribution in [0.3, 0.4) is 0 Å². The Morgan fingerprint density at radius 3 is 2.82 bits per heavy atom. The Labute approximate surface area is 128 Å². The third-order valence-electron chi connectivity index (χ3n) is 3.82. The number of hydrogen-bond donors (Lipinski definition) is 1. The maximum Gasteiger partial charge on any atom is 0.305 e. The van der Waals surface area contributed by atoms with Crippen LogP contribution in [-0.4, -0.2) is 58.9 Å². The molecule has 0 aromatic carbocycles. The minimum absolute atomic E-state index is 0.110. The molecule has 120 valence electrons. The molecule has 1 aromatic rings. The maximum atomic E-state index is 12.5. The summed E-state index contributed by atoms with van der Waals surface area (Å²) in [4.78, 5) is 38.5. The lowest BCUT2D eigenvalue weighted by Gasteiger charge is -2.36. The van der Waals surface area contributed by atoms with Gasteiger partial charge >= 0.3 is 5.97 Å². The van der Waals surface area contributed by atoms with Gasteiger partial charge in [0.25, 0.3) is 5.91 Å².